The van der Waals surface area contributed by atoms with Gasteiger partial charge >= 0.3 is 0 Å². The first kappa shape index (κ1) is 17.4. The third kappa shape index (κ3) is 7.67. The second-order valence-corrected chi connectivity index (χ2v) is 5.39. The summed E-state index contributed by atoms with van der Waals surface area (Å²) in [6, 6.07) is 0. The zero-order valence-corrected chi connectivity index (χ0v) is 12.2. The number of nitrogens with zero attached hydrogens (tertiary/aromatic N) is 1. The lowest BCUT2D eigenvalue weighted by Gasteiger charge is -2.24. The van der Waals surface area contributed by atoms with Crippen molar-refractivity contribution in [3.63, 3.8) is 0 Å². The van der Waals surface area contributed by atoms with Crippen LogP contribution in [0.1, 0.15) is 46.5 Å². The van der Waals surface area contributed by atoms with Crippen molar-refractivity contribution in [2.75, 3.05) is 26.2 Å². The quantitative estimate of drug-likeness (QED) is 0.626. The molecule has 4 heteroatoms. The van der Waals surface area contributed by atoms with Gasteiger partial charge in [0.15, 0.2) is 0 Å². The van der Waals surface area contributed by atoms with E-state index in [1.165, 1.54) is 0 Å². The molecule has 18 heavy (non-hydrogen) atoms. The van der Waals surface area contributed by atoms with Crippen LogP contribution in [0.15, 0.2) is 0 Å². The zero-order valence-electron chi connectivity index (χ0n) is 12.2. The number of amides is 1. The number of hydrogen-bond donors (Lipinski definition) is 2. The van der Waals surface area contributed by atoms with Crippen molar-refractivity contribution in [3.8, 4) is 0 Å². The minimum absolute atomic E-state index is 0.0346. The highest BCUT2D eigenvalue weighted by Crippen LogP contribution is 2.15. The predicted molar refractivity (Wildman–Crippen MR) is 75.2 cm³/mol. The first-order valence-corrected chi connectivity index (χ1v) is 7.13. The molecule has 0 aliphatic heterocycles. The maximum Gasteiger partial charge on any atom is 0.222 e. The third-order valence-corrected chi connectivity index (χ3v) is 3.11. The summed E-state index contributed by atoms with van der Waals surface area (Å²) in [6.45, 7) is 8.18. The van der Waals surface area contributed by atoms with Crippen molar-refractivity contribution in [3.05, 3.63) is 0 Å². The average molecular weight is 258 g/mol. The molecule has 0 radical (unpaired) electrons. The van der Waals surface area contributed by atoms with E-state index in [-0.39, 0.29) is 18.4 Å². The summed E-state index contributed by atoms with van der Waals surface area (Å²) in [5, 5.41) is 9.00. The fourth-order valence-electron chi connectivity index (χ4n) is 2.14. The van der Waals surface area contributed by atoms with Crippen molar-refractivity contribution in [2.45, 2.75) is 46.5 Å². The van der Waals surface area contributed by atoms with Gasteiger partial charge in [0.25, 0.3) is 0 Å². The number of hydrogen-bond acceptors (Lipinski definition) is 3. The Kier molecular flexibility index (Phi) is 9.98. The zero-order chi connectivity index (χ0) is 14.0. The van der Waals surface area contributed by atoms with Gasteiger partial charge in [0.05, 0.1) is 6.61 Å². The lowest BCUT2D eigenvalue weighted by atomic mass is 9.93. The topological polar surface area (TPSA) is 66.6 Å². The third-order valence-electron chi connectivity index (χ3n) is 3.11. The van der Waals surface area contributed by atoms with Crippen LogP contribution in [0.3, 0.4) is 0 Å². The minimum Gasteiger partial charge on any atom is -0.395 e. The van der Waals surface area contributed by atoms with Gasteiger partial charge in [-0.15, -0.1) is 0 Å². The van der Waals surface area contributed by atoms with Crippen LogP contribution < -0.4 is 5.73 Å². The lowest BCUT2D eigenvalue weighted by Crippen LogP contribution is -2.36. The van der Waals surface area contributed by atoms with Crippen LogP contribution in [0.2, 0.25) is 0 Å². The molecule has 0 heterocycles. The van der Waals surface area contributed by atoms with E-state index in [0.717, 1.165) is 25.8 Å². The lowest BCUT2D eigenvalue weighted by molar-refractivity contribution is -0.132. The van der Waals surface area contributed by atoms with Gasteiger partial charge in [0.2, 0.25) is 5.91 Å². The summed E-state index contributed by atoms with van der Waals surface area (Å²) < 4.78 is 0. The molecule has 0 fully saturated rings. The monoisotopic (exact) mass is 258 g/mol. The van der Waals surface area contributed by atoms with Crippen molar-refractivity contribution < 1.29 is 9.90 Å². The van der Waals surface area contributed by atoms with Crippen LogP contribution >= 0.6 is 0 Å². The van der Waals surface area contributed by atoms with E-state index in [1.54, 1.807) is 4.90 Å². The van der Waals surface area contributed by atoms with Gasteiger partial charge in [-0.1, -0.05) is 27.2 Å². The molecule has 3 N–H and O–H groups in total. The SMILES string of the molecule is CCCCN(CCO)C(=O)CC(CN)CC(C)C. The summed E-state index contributed by atoms with van der Waals surface area (Å²) in [6.07, 6.45) is 3.55. The molecule has 0 bridgehead atoms. The number of unbranched alkanes of at least 4 members (excludes halogenated alkanes) is 1. The van der Waals surface area contributed by atoms with E-state index < -0.39 is 0 Å². The standard InChI is InChI=1S/C14H30N2O2/c1-4-5-6-16(7-8-17)14(18)10-13(11-15)9-12(2)3/h12-13,17H,4-11,15H2,1-3H3. The summed E-state index contributed by atoms with van der Waals surface area (Å²) in [4.78, 5) is 13.9. The molecule has 0 aliphatic rings. The number of aliphatic hydroxyl groups excluding tert-OH is 1. The van der Waals surface area contributed by atoms with E-state index >= 15 is 0 Å². The van der Waals surface area contributed by atoms with Gasteiger partial charge < -0.3 is 15.7 Å². The van der Waals surface area contributed by atoms with Crippen LogP contribution in [0, 0.1) is 11.8 Å². The second kappa shape index (κ2) is 10.3. The molecule has 0 aromatic rings. The molecule has 1 atom stereocenters. The highest BCUT2D eigenvalue weighted by molar-refractivity contribution is 5.76. The molecule has 1 amide bonds. The predicted octanol–water partition coefficient (Wildman–Crippen LogP) is 1.62. The first-order valence-electron chi connectivity index (χ1n) is 7.13. The second-order valence-electron chi connectivity index (χ2n) is 5.39. The fourth-order valence-corrected chi connectivity index (χ4v) is 2.14. The molecular weight excluding hydrogens is 228 g/mol. The van der Waals surface area contributed by atoms with Crippen molar-refractivity contribution in [2.24, 2.45) is 17.6 Å². The molecule has 1 unspecified atom stereocenters. The van der Waals surface area contributed by atoms with Crippen LogP contribution in [0.25, 0.3) is 0 Å². The molecule has 0 saturated carbocycles. The number of carbonyl (C=O) groups excluding carboxylic acids is 1. The maximum atomic E-state index is 12.1. The molecule has 108 valence electrons. The summed E-state index contributed by atoms with van der Waals surface area (Å²) in [7, 11) is 0. The Balaban J connectivity index is 4.27. The Morgan fingerprint density at radius 1 is 1.33 bits per heavy atom. The van der Waals surface area contributed by atoms with Crippen molar-refractivity contribution in [1.29, 1.82) is 0 Å². The molecular formula is C14H30N2O2. The Morgan fingerprint density at radius 2 is 2.00 bits per heavy atom. The number of aliphatic hydroxyl groups is 1. The van der Waals surface area contributed by atoms with Gasteiger partial charge in [0.1, 0.15) is 0 Å². The van der Waals surface area contributed by atoms with E-state index in [9.17, 15) is 4.79 Å². The summed E-state index contributed by atoms with van der Waals surface area (Å²) >= 11 is 0. The van der Waals surface area contributed by atoms with Crippen LogP contribution in [0.5, 0.6) is 0 Å². The first-order chi connectivity index (χ1) is 8.54. The van der Waals surface area contributed by atoms with Gasteiger partial charge in [-0.25, -0.2) is 0 Å². The molecule has 0 spiro atoms. The number of nitrogens with two attached hydrogens (primary N) is 1. The number of carbonyl (C=O) groups is 1. The molecule has 0 aromatic heterocycles. The van der Waals surface area contributed by atoms with Crippen LogP contribution in [0.4, 0.5) is 0 Å². The van der Waals surface area contributed by atoms with Crippen molar-refractivity contribution in [1.82, 2.24) is 4.90 Å². The van der Waals surface area contributed by atoms with Gasteiger partial charge in [-0.3, -0.25) is 4.79 Å². The van der Waals surface area contributed by atoms with E-state index in [4.69, 9.17) is 10.8 Å². The Morgan fingerprint density at radius 3 is 2.44 bits per heavy atom. The normalized spacial score (nSPS) is 12.8. The Hall–Kier alpha value is -0.610. The summed E-state index contributed by atoms with van der Waals surface area (Å²) in [5.41, 5.74) is 5.72. The van der Waals surface area contributed by atoms with Gasteiger partial charge in [-0.05, 0) is 31.2 Å². The Bertz CT molecular complexity index is 220. The summed E-state index contributed by atoms with van der Waals surface area (Å²) in [5.74, 6) is 0.960. The molecule has 0 saturated heterocycles. The smallest absolute Gasteiger partial charge is 0.222 e. The highest BCUT2D eigenvalue weighted by atomic mass is 16.3. The minimum atomic E-state index is 0.0346. The van der Waals surface area contributed by atoms with E-state index in [1.807, 2.05) is 0 Å². The van der Waals surface area contributed by atoms with E-state index in [2.05, 4.69) is 20.8 Å². The van der Waals surface area contributed by atoms with Crippen LogP contribution in [-0.4, -0.2) is 42.2 Å². The molecule has 0 aromatic carbocycles. The number of rotatable bonds is 10. The molecule has 0 rings (SSSR count). The van der Waals surface area contributed by atoms with Gasteiger partial charge in [0, 0.05) is 19.5 Å². The van der Waals surface area contributed by atoms with E-state index in [0.29, 0.717) is 25.4 Å². The largest absolute Gasteiger partial charge is 0.395 e. The average Bonchev–Trinajstić information content (AvgIpc) is 2.32. The van der Waals surface area contributed by atoms with Gasteiger partial charge in [-0.2, -0.15) is 0 Å². The molecule has 0 aliphatic carbocycles. The Labute approximate surface area is 112 Å². The van der Waals surface area contributed by atoms with Crippen molar-refractivity contribution >= 4 is 5.91 Å². The maximum absolute atomic E-state index is 12.1. The fraction of sp³-hybridized carbons (Fsp3) is 0.929. The van der Waals surface area contributed by atoms with Crippen LogP contribution in [-0.2, 0) is 4.79 Å². The highest BCUT2D eigenvalue weighted by Gasteiger charge is 2.18. The molecule has 4 nitrogen and oxygen atoms in total.